The molecule has 55 heavy (non-hydrogen) atoms. The summed E-state index contributed by atoms with van der Waals surface area (Å²) in [5.74, 6) is 3.19. The van der Waals surface area contributed by atoms with Gasteiger partial charge >= 0.3 is 0 Å². The average Bonchev–Trinajstić information content (AvgIpc) is 3.85. The van der Waals surface area contributed by atoms with Crippen molar-refractivity contribution < 1.29 is 14.7 Å². The molecule has 1 saturated heterocycles. The molecule has 0 bridgehead atoms. The first-order chi connectivity index (χ1) is 26.2. The number of rotatable bonds is 9. The monoisotopic (exact) mass is 745 g/mol. The van der Waals surface area contributed by atoms with Crippen LogP contribution in [0.5, 0.6) is 0 Å². The molecule has 2 aromatic rings. The summed E-state index contributed by atoms with van der Waals surface area (Å²) in [5.41, 5.74) is 6.20. The SMILES string of the molecule is C=C(C)[C@@H]1CC[C@]2(CNCC(=O)N3CCCC3)CC[C@]3(C)[C@H](CC[C@@H]4[C@@]5(C)CC=C(c6ccc(C(=O)C(O)c7ccccc7)cc6)C(C)(C)[C@@H]5CC[C@]43C)[C@@H]12. The molecular formula is C50H68N2O3. The third-order valence-corrected chi connectivity index (χ3v) is 17.9. The van der Waals surface area contributed by atoms with Gasteiger partial charge in [-0.15, -0.1) is 0 Å². The Balaban J connectivity index is 1.03. The van der Waals surface area contributed by atoms with Crippen molar-refractivity contribution in [3.8, 4) is 0 Å². The Labute approximate surface area is 331 Å². The zero-order chi connectivity index (χ0) is 39.0. The molecule has 5 nitrogen and oxygen atoms in total. The standard InChI is InChI=1S/C50H68N2O3/c1-33(2)37-21-26-50(32-51-31-42(53)52-29-11-12-30-52)28-27-48(6)39(43(37)50)19-20-41-47(5)24-22-38(46(3,4)40(47)23-25-49(41,48)7)34-15-17-36(18-16-34)45(55)44(54)35-13-9-8-10-14-35/h8-10,13-18,22,37,39-41,43-44,51,54H,1,11-12,19-21,23-32H2,2-7H3/t37-,39+,40-,41+,43+,44?,47-,48+,49+,50+/m0/s1. The minimum absolute atomic E-state index is 0.00243. The van der Waals surface area contributed by atoms with Gasteiger partial charge in [0.2, 0.25) is 5.91 Å². The minimum Gasteiger partial charge on any atom is -0.380 e. The van der Waals surface area contributed by atoms with E-state index in [1.54, 1.807) is 12.1 Å². The number of carbonyl (C=O) groups excluding carboxylic acids is 2. The normalized spacial score (nSPS) is 38.2. The van der Waals surface area contributed by atoms with Gasteiger partial charge in [-0.25, -0.2) is 0 Å². The minimum atomic E-state index is -1.15. The molecule has 296 valence electrons. The fraction of sp³-hybridized carbons (Fsp3) is 0.640. The van der Waals surface area contributed by atoms with Crippen LogP contribution in [-0.2, 0) is 4.79 Å². The van der Waals surface area contributed by atoms with E-state index in [0.29, 0.717) is 47.3 Å². The first-order valence-corrected chi connectivity index (χ1v) is 21.9. The van der Waals surface area contributed by atoms with Crippen LogP contribution in [0.3, 0.4) is 0 Å². The van der Waals surface area contributed by atoms with E-state index < -0.39 is 6.10 Å². The summed E-state index contributed by atoms with van der Waals surface area (Å²) in [7, 11) is 0. The highest BCUT2D eigenvalue weighted by Gasteiger charge is 2.70. The Morgan fingerprint density at radius 2 is 1.56 bits per heavy atom. The van der Waals surface area contributed by atoms with Gasteiger partial charge in [0.05, 0.1) is 6.54 Å². The van der Waals surface area contributed by atoms with Gasteiger partial charge in [0.25, 0.3) is 0 Å². The Bertz CT molecular complexity index is 1820. The van der Waals surface area contributed by atoms with Gasteiger partial charge in [0, 0.05) is 25.2 Å². The van der Waals surface area contributed by atoms with Crippen LogP contribution in [0.15, 0.2) is 72.8 Å². The lowest BCUT2D eigenvalue weighted by atomic mass is 9.32. The van der Waals surface area contributed by atoms with E-state index in [9.17, 15) is 14.7 Å². The fourth-order valence-electron chi connectivity index (χ4n) is 14.9. The number of benzene rings is 2. The third-order valence-electron chi connectivity index (χ3n) is 17.9. The number of hydrogen-bond acceptors (Lipinski definition) is 4. The van der Waals surface area contributed by atoms with Crippen LogP contribution < -0.4 is 5.32 Å². The molecule has 1 aliphatic heterocycles. The number of aliphatic hydroxyl groups excluding tert-OH is 1. The van der Waals surface area contributed by atoms with Crippen molar-refractivity contribution in [1.82, 2.24) is 10.2 Å². The molecule has 1 unspecified atom stereocenters. The predicted octanol–water partition coefficient (Wildman–Crippen LogP) is 10.5. The Hall–Kier alpha value is -3.02. The molecule has 4 saturated carbocycles. The summed E-state index contributed by atoms with van der Waals surface area (Å²) >= 11 is 0. The molecule has 0 spiro atoms. The maximum atomic E-state index is 13.2. The van der Waals surface area contributed by atoms with Crippen LogP contribution in [0.4, 0.5) is 0 Å². The number of allylic oxidation sites excluding steroid dienone is 3. The van der Waals surface area contributed by atoms with Crippen molar-refractivity contribution in [3.63, 3.8) is 0 Å². The predicted molar refractivity (Wildman–Crippen MR) is 223 cm³/mol. The number of Topliss-reactive ketones (excluding diaryl/α,β-unsaturated/α-hetero) is 1. The molecule has 10 atom stereocenters. The maximum absolute atomic E-state index is 13.2. The molecule has 1 heterocycles. The number of amides is 1. The molecule has 5 fully saturated rings. The molecule has 5 aliphatic carbocycles. The molecule has 5 heteroatoms. The number of fused-ring (bicyclic) bond motifs is 7. The van der Waals surface area contributed by atoms with Crippen LogP contribution >= 0.6 is 0 Å². The summed E-state index contributed by atoms with van der Waals surface area (Å²) in [6.45, 7) is 23.3. The zero-order valence-electron chi connectivity index (χ0n) is 34.8. The highest BCUT2D eigenvalue weighted by molar-refractivity contribution is 6.00. The van der Waals surface area contributed by atoms with E-state index in [4.69, 9.17) is 0 Å². The lowest BCUT2D eigenvalue weighted by Crippen LogP contribution is -2.66. The van der Waals surface area contributed by atoms with Crippen LogP contribution in [0.1, 0.15) is 140 Å². The van der Waals surface area contributed by atoms with Crippen LogP contribution in [-0.4, -0.2) is 47.9 Å². The lowest BCUT2D eigenvalue weighted by Gasteiger charge is -2.72. The Morgan fingerprint density at radius 3 is 2.25 bits per heavy atom. The molecule has 0 aromatic heterocycles. The van der Waals surface area contributed by atoms with E-state index in [1.807, 2.05) is 30.3 Å². The number of carbonyl (C=O) groups is 2. The van der Waals surface area contributed by atoms with Gasteiger partial charge in [0.1, 0.15) is 6.10 Å². The molecule has 0 radical (unpaired) electrons. The van der Waals surface area contributed by atoms with E-state index in [-0.39, 0.29) is 38.8 Å². The van der Waals surface area contributed by atoms with Gasteiger partial charge in [-0.3, -0.25) is 9.59 Å². The van der Waals surface area contributed by atoms with Crippen LogP contribution in [0.2, 0.25) is 0 Å². The number of ketones is 1. The maximum Gasteiger partial charge on any atom is 0.236 e. The second-order valence-electron chi connectivity index (χ2n) is 20.5. The molecule has 2 aromatic carbocycles. The molecule has 2 N–H and O–H groups in total. The first kappa shape index (κ1) is 38.8. The lowest BCUT2D eigenvalue weighted by molar-refractivity contribution is -0.225. The van der Waals surface area contributed by atoms with Gasteiger partial charge < -0.3 is 15.3 Å². The van der Waals surface area contributed by atoms with Crippen molar-refractivity contribution in [2.75, 3.05) is 26.2 Å². The zero-order valence-corrected chi connectivity index (χ0v) is 34.8. The topological polar surface area (TPSA) is 69.6 Å². The smallest absolute Gasteiger partial charge is 0.236 e. The van der Waals surface area contributed by atoms with Crippen LogP contribution in [0.25, 0.3) is 5.57 Å². The largest absolute Gasteiger partial charge is 0.380 e. The third kappa shape index (κ3) is 6.07. The van der Waals surface area contributed by atoms with Gasteiger partial charge in [-0.05, 0) is 151 Å². The van der Waals surface area contributed by atoms with Crippen LogP contribution in [0, 0.1) is 56.7 Å². The van der Waals surface area contributed by atoms with Crippen molar-refractivity contribution >= 4 is 17.3 Å². The van der Waals surface area contributed by atoms with Gasteiger partial charge in [-0.2, -0.15) is 0 Å². The van der Waals surface area contributed by atoms with Crippen molar-refractivity contribution in [2.45, 2.75) is 118 Å². The summed E-state index contributed by atoms with van der Waals surface area (Å²) in [6.07, 6.45) is 15.0. The quantitative estimate of drug-likeness (QED) is 0.198. The van der Waals surface area contributed by atoms with E-state index in [2.05, 4.69) is 76.5 Å². The first-order valence-electron chi connectivity index (χ1n) is 21.9. The highest BCUT2D eigenvalue weighted by atomic mass is 16.3. The highest BCUT2D eigenvalue weighted by Crippen LogP contribution is 2.77. The van der Waals surface area contributed by atoms with Gasteiger partial charge in [0.15, 0.2) is 5.78 Å². The summed E-state index contributed by atoms with van der Waals surface area (Å²) < 4.78 is 0. The van der Waals surface area contributed by atoms with Crippen molar-refractivity contribution in [3.05, 3.63) is 89.5 Å². The number of aliphatic hydroxyl groups is 1. The average molecular weight is 745 g/mol. The van der Waals surface area contributed by atoms with E-state index in [1.165, 1.54) is 68.1 Å². The second kappa shape index (κ2) is 14.1. The molecular weight excluding hydrogens is 677 g/mol. The second-order valence-corrected chi connectivity index (χ2v) is 20.5. The molecule has 6 aliphatic rings. The number of hydrogen-bond donors (Lipinski definition) is 2. The summed E-state index contributed by atoms with van der Waals surface area (Å²) in [6, 6.07) is 17.3. The number of nitrogens with zero attached hydrogens (tertiary/aromatic N) is 1. The molecule has 8 rings (SSSR count). The molecule has 1 amide bonds. The number of likely N-dealkylation sites (tertiary alicyclic amines) is 1. The summed E-state index contributed by atoms with van der Waals surface area (Å²) in [4.78, 5) is 28.4. The Morgan fingerprint density at radius 1 is 0.855 bits per heavy atom. The van der Waals surface area contributed by atoms with Crippen molar-refractivity contribution in [1.29, 1.82) is 0 Å². The van der Waals surface area contributed by atoms with E-state index >= 15 is 0 Å². The fourth-order valence-corrected chi connectivity index (χ4v) is 14.9. The van der Waals surface area contributed by atoms with Gasteiger partial charge in [-0.1, -0.05) is 107 Å². The van der Waals surface area contributed by atoms with E-state index in [0.717, 1.165) is 38.9 Å². The number of nitrogens with one attached hydrogen (secondary N) is 1. The summed E-state index contributed by atoms with van der Waals surface area (Å²) in [5, 5.41) is 14.6. The Kier molecular flexibility index (Phi) is 9.97. The van der Waals surface area contributed by atoms with Crippen molar-refractivity contribution in [2.24, 2.45) is 56.7 Å².